The molecule has 0 spiro atoms. The molecule has 0 radical (unpaired) electrons. The van der Waals surface area contributed by atoms with Gasteiger partial charge in [0.2, 0.25) is 0 Å². The fraction of sp³-hybridized carbons (Fsp3) is 0.500. The third-order valence-electron chi connectivity index (χ3n) is 2.42. The van der Waals surface area contributed by atoms with Gasteiger partial charge in [-0.25, -0.2) is 0 Å². The monoisotopic (exact) mass is 217 g/mol. The van der Waals surface area contributed by atoms with Crippen LogP contribution in [0.5, 0.6) is 5.75 Å². The first kappa shape index (κ1) is 12.6. The topological polar surface area (TPSA) is 33.0 Å². The highest BCUT2D eigenvalue weighted by molar-refractivity contribution is 5.32. The largest absolute Gasteiger partial charge is 0.490 e. The lowest BCUT2D eigenvalue weighted by Crippen LogP contribution is -2.13. The van der Waals surface area contributed by atoms with Crippen molar-refractivity contribution >= 4 is 0 Å². The van der Waals surface area contributed by atoms with Crippen molar-refractivity contribution in [2.75, 3.05) is 0 Å². The summed E-state index contributed by atoms with van der Waals surface area (Å²) in [6, 6.07) is 10.2. The van der Waals surface area contributed by atoms with Gasteiger partial charge in [-0.05, 0) is 30.0 Å². The van der Waals surface area contributed by atoms with Gasteiger partial charge in [-0.2, -0.15) is 5.26 Å². The van der Waals surface area contributed by atoms with E-state index in [2.05, 4.69) is 32.9 Å². The normalized spacial score (nSPS) is 12.9. The van der Waals surface area contributed by atoms with Crippen molar-refractivity contribution < 1.29 is 4.74 Å². The molecule has 0 saturated heterocycles. The van der Waals surface area contributed by atoms with Crippen molar-refractivity contribution in [1.29, 1.82) is 5.26 Å². The summed E-state index contributed by atoms with van der Waals surface area (Å²) in [6.07, 6.45) is 0.361. The molecule has 1 rings (SSSR count). The Kier molecular flexibility index (Phi) is 3.95. The molecule has 0 aliphatic carbocycles. The summed E-state index contributed by atoms with van der Waals surface area (Å²) in [4.78, 5) is 0. The SMILES string of the molecule is CC(CC#N)Oc1cccc(C(C)(C)C)c1. The average molecular weight is 217 g/mol. The highest BCUT2D eigenvalue weighted by Crippen LogP contribution is 2.26. The van der Waals surface area contributed by atoms with Gasteiger partial charge in [0.05, 0.1) is 12.5 Å². The Morgan fingerprint density at radius 1 is 1.38 bits per heavy atom. The van der Waals surface area contributed by atoms with Gasteiger partial charge >= 0.3 is 0 Å². The lowest BCUT2D eigenvalue weighted by Gasteiger charge is -2.20. The van der Waals surface area contributed by atoms with Crippen LogP contribution >= 0.6 is 0 Å². The molecule has 1 unspecified atom stereocenters. The maximum atomic E-state index is 8.57. The fourth-order valence-electron chi connectivity index (χ4n) is 1.44. The molecule has 0 aliphatic rings. The van der Waals surface area contributed by atoms with Crippen LogP contribution in [0.25, 0.3) is 0 Å². The molecular weight excluding hydrogens is 198 g/mol. The zero-order valence-corrected chi connectivity index (χ0v) is 10.4. The van der Waals surface area contributed by atoms with Gasteiger partial charge in [-0.15, -0.1) is 0 Å². The first-order chi connectivity index (χ1) is 7.43. The van der Waals surface area contributed by atoms with Crippen LogP contribution in [0.3, 0.4) is 0 Å². The lowest BCUT2D eigenvalue weighted by atomic mass is 9.87. The van der Waals surface area contributed by atoms with E-state index in [1.54, 1.807) is 0 Å². The molecule has 0 aliphatic heterocycles. The molecule has 2 heteroatoms. The number of nitrogens with zero attached hydrogens (tertiary/aromatic N) is 1. The van der Waals surface area contributed by atoms with Crippen LogP contribution < -0.4 is 4.74 Å². The Hall–Kier alpha value is -1.49. The predicted molar refractivity (Wildman–Crippen MR) is 65.5 cm³/mol. The first-order valence-electron chi connectivity index (χ1n) is 5.57. The van der Waals surface area contributed by atoms with Crippen LogP contribution in [0.15, 0.2) is 24.3 Å². The molecule has 2 nitrogen and oxygen atoms in total. The molecule has 0 amide bonds. The second kappa shape index (κ2) is 5.03. The van der Waals surface area contributed by atoms with Crippen LogP contribution in [-0.2, 0) is 5.41 Å². The van der Waals surface area contributed by atoms with Crippen LogP contribution in [-0.4, -0.2) is 6.10 Å². The van der Waals surface area contributed by atoms with E-state index in [-0.39, 0.29) is 11.5 Å². The van der Waals surface area contributed by atoms with E-state index in [4.69, 9.17) is 10.00 Å². The minimum Gasteiger partial charge on any atom is -0.490 e. The van der Waals surface area contributed by atoms with Crippen molar-refractivity contribution in [3.8, 4) is 11.8 Å². The highest BCUT2D eigenvalue weighted by atomic mass is 16.5. The molecule has 0 bridgehead atoms. The Labute approximate surface area is 97.9 Å². The molecule has 0 fully saturated rings. The van der Waals surface area contributed by atoms with Crippen LogP contribution in [0.2, 0.25) is 0 Å². The van der Waals surface area contributed by atoms with E-state index >= 15 is 0 Å². The van der Waals surface area contributed by atoms with Crippen molar-refractivity contribution in [3.63, 3.8) is 0 Å². The van der Waals surface area contributed by atoms with Gasteiger partial charge in [0.1, 0.15) is 11.9 Å². The summed E-state index contributed by atoms with van der Waals surface area (Å²) in [7, 11) is 0. The first-order valence-corrected chi connectivity index (χ1v) is 5.57. The molecule has 0 saturated carbocycles. The maximum Gasteiger partial charge on any atom is 0.120 e. The van der Waals surface area contributed by atoms with Crippen molar-refractivity contribution in [2.45, 2.75) is 45.6 Å². The molecule has 0 heterocycles. The second-order valence-electron chi connectivity index (χ2n) is 5.07. The Morgan fingerprint density at radius 2 is 2.06 bits per heavy atom. The molecule has 16 heavy (non-hydrogen) atoms. The van der Waals surface area contributed by atoms with Gasteiger partial charge in [0.15, 0.2) is 0 Å². The third kappa shape index (κ3) is 3.58. The van der Waals surface area contributed by atoms with Crippen molar-refractivity contribution in [2.24, 2.45) is 0 Å². The number of rotatable bonds is 3. The van der Waals surface area contributed by atoms with Crippen LogP contribution in [0.4, 0.5) is 0 Å². The summed E-state index contributed by atoms with van der Waals surface area (Å²) in [6.45, 7) is 8.42. The van der Waals surface area contributed by atoms with Gasteiger partial charge < -0.3 is 4.74 Å². The smallest absolute Gasteiger partial charge is 0.120 e. The highest BCUT2D eigenvalue weighted by Gasteiger charge is 2.14. The number of nitriles is 1. The van der Waals surface area contributed by atoms with Crippen LogP contribution in [0, 0.1) is 11.3 Å². The van der Waals surface area contributed by atoms with E-state index < -0.39 is 0 Å². The Bertz CT molecular complexity index is 384. The van der Waals surface area contributed by atoms with Gasteiger partial charge in [-0.1, -0.05) is 32.9 Å². The molecule has 1 atom stereocenters. The number of ether oxygens (including phenoxy) is 1. The maximum absolute atomic E-state index is 8.57. The zero-order valence-electron chi connectivity index (χ0n) is 10.4. The van der Waals surface area contributed by atoms with Crippen LogP contribution in [0.1, 0.15) is 39.7 Å². The number of hydrogen-bond donors (Lipinski definition) is 0. The van der Waals surface area contributed by atoms with E-state index in [0.717, 1.165) is 5.75 Å². The summed E-state index contributed by atoms with van der Waals surface area (Å²) in [5, 5.41) is 8.57. The minimum absolute atomic E-state index is 0.0554. The Balaban J connectivity index is 2.80. The fourth-order valence-corrected chi connectivity index (χ4v) is 1.44. The molecule has 1 aromatic carbocycles. The third-order valence-corrected chi connectivity index (χ3v) is 2.42. The molecule has 86 valence electrons. The summed E-state index contributed by atoms with van der Waals surface area (Å²) < 4.78 is 5.67. The van der Waals surface area contributed by atoms with Crippen molar-refractivity contribution in [1.82, 2.24) is 0 Å². The molecule has 0 aromatic heterocycles. The molecule has 0 N–H and O–H groups in total. The minimum atomic E-state index is -0.0554. The second-order valence-corrected chi connectivity index (χ2v) is 5.07. The number of hydrogen-bond acceptors (Lipinski definition) is 2. The Morgan fingerprint density at radius 3 is 2.62 bits per heavy atom. The summed E-state index contributed by atoms with van der Waals surface area (Å²) in [5.74, 6) is 0.843. The lowest BCUT2D eigenvalue weighted by molar-refractivity contribution is 0.226. The summed E-state index contributed by atoms with van der Waals surface area (Å²) in [5.41, 5.74) is 1.37. The van der Waals surface area contributed by atoms with E-state index in [1.165, 1.54) is 5.56 Å². The van der Waals surface area contributed by atoms with Gasteiger partial charge in [0.25, 0.3) is 0 Å². The molecular formula is C14H19NO. The zero-order chi connectivity index (χ0) is 12.2. The van der Waals surface area contributed by atoms with E-state index in [9.17, 15) is 0 Å². The van der Waals surface area contributed by atoms with E-state index in [1.807, 2.05) is 25.1 Å². The van der Waals surface area contributed by atoms with Gasteiger partial charge in [-0.3, -0.25) is 0 Å². The molecule has 1 aromatic rings. The standard InChI is InChI=1S/C14H19NO/c1-11(8-9-15)16-13-7-5-6-12(10-13)14(2,3)4/h5-7,10-11H,8H2,1-4H3. The van der Waals surface area contributed by atoms with E-state index in [0.29, 0.717) is 6.42 Å². The summed E-state index contributed by atoms with van der Waals surface area (Å²) >= 11 is 0. The van der Waals surface area contributed by atoms with Crippen molar-refractivity contribution in [3.05, 3.63) is 29.8 Å². The quantitative estimate of drug-likeness (QED) is 0.774. The average Bonchev–Trinajstić information content (AvgIpc) is 2.17. The predicted octanol–water partition coefficient (Wildman–Crippen LogP) is 3.67. The number of benzene rings is 1. The van der Waals surface area contributed by atoms with Gasteiger partial charge in [0, 0.05) is 0 Å².